The van der Waals surface area contributed by atoms with Crippen LogP contribution in [0.5, 0.6) is 0 Å². The van der Waals surface area contributed by atoms with Crippen LogP contribution in [0.4, 0.5) is 11.4 Å². The third kappa shape index (κ3) is 10.8. The van der Waals surface area contributed by atoms with E-state index >= 15 is 19.2 Å². The van der Waals surface area contributed by atoms with Crippen molar-refractivity contribution in [2.24, 2.45) is 0 Å². The monoisotopic (exact) mass is 880 g/mol. The van der Waals surface area contributed by atoms with Gasteiger partial charge in [0, 0.05) is 75.2 Å². The van der Waals surface area contributed by atoms with E-state index in [2.05, 4.69) is 34.1 Å². The summed E-state index contributed by atoms with van der Waals surface area (Å²) < 4.78 is 0. The Labute approximate surface area is 386 Å². The Bertz CT molecular complexity index is 2380. The number of allylic oxidation sites excluding steroid dienone is 2. The minimum atomic E-state index is -0.149. The number of hydrogen-bond donors (Lipinski definition) is 0. The maximum absolute atomic E-state index is 15.0. The molecule has 0 atom stereocenters. The zero-order chi connectivity index (χ0) is 45.2. The van der Waals surface area contributed by atoms with E-state index in [1.807, 2.05) is 175 Å². The molecular formula is C54H56N8O4. The summed E-state index contributed by atoms with van der Waals surface area (Å²) in [4.78, 5) is 75.5. The van der Waals surface area contributed by atoms with Crippen LogP contribution in [0.1, 0.15) is 22.3 Å². The van der Waals surface area contributed by atoms with Crippen LogP contribution in [0.3, 0.4) is 0 Å². The molecule has 5 aromatic carbocycles. The molecule has 4 aliphatic rings. The van der Waals surface area contributed by atoms with Crippen LogP contribution >= 0.6 is 0 Å². The first kappa shape index (κ1) is 43.9. The van der Waals surface area contributed by atoms with E-state index in [-0.39, 0.29) is 89.3 Å². The number of amides is 4. The van der Waals surface area contributed by atoms with Crippen molar-refractivity contribution in [2.75, 3.05) is 75.5 Å². The Morgan fingerprint density at radius 1 is 0.348 bits per heavy atom. The molecule has 0 saturated heterocycles. The summed E-state index contributed by atoms with van der Waals surface area (Å²) in [5, 5.41) is 1.95. The van der Waals surface area contributed by atoms with Gasteiger partial charge in [-0.3, -0.25) is 29.0 Å². The molecule has 0 saturated carbocycles. The molecule has 5 aromatic rings. The molecule has 0 spiro atoms. The van der Waals surface area contributed by atoms with Crippen LogP contribution in [-0.4, -0.2) is 119 Å². The predicted octanol–water partition coefficient (Wildman–Crippen LogP) is 4.58. The molecule has 336 valence electrons. The Morgan fingerprint density at radius 3 is 0.894 bits per heavy atom. The van der Waals surface area contributed by atoms with E-state index in [0.717, 1.165) is 44.1 Å². The van der Waals surface area contributed by atoms with Crippen LogP contribution in [0.2, 0.25) is 0 Å². The molecule has 0 fully saturated rings. The maximum Gasteiger partial charge on any atom is 0.237 e. The van der Waals surface area contributed by atoms with Crippen molar-refractivity contribution in [3.63, 3.8) is 0 Å². The molecule has 0 aliphatic carbocycles. The highest BCUT2D eigenvalue weighted by atomic mass is 16.2. The molecule has 9 rings (SSSR count). The molecule has 66 heavy (non-hydrogen) atoms. The third-order valence-electron chi connectivity index (χ3n) is 12.6. The second-order valence-corrected chi connectivity index (χ2v) is 17.4. The fraction of sp³-hybridized carbons (Fsp3) is 0.259. The number of hydrogen-bond acceptors (Lipinski definition) is 8. The minimum Gasteiger partial charge on any atom is -0.335 e. The van der Waals surface area contributed by atoms with Gasteiger partial charge in [0.2, 0.25) is 23.6 Å². The third-order valence-corrected chi connectivity index (χ3v) is 12.6. The molecule has 0 unspecified atom stereocenters. The molecular weight excluding hydrogens is 825 g/mol. The summed E-state index contributed by atoms with van der Waals surface area (Å²) >= 11 is 0. The molecule has 0 radical (unpaired) electrons. The van der Waals surface area contributed by atoms with Crippen molar-refractivity contribution in [3.05, 3.63) is 191 Å². The van der Waals surface area contributed by atoms with Gasteiger partial charge in [0.25, 0.3) is 0 Å². The number of anilines is 2. The first-order chi connectivity index (χ1) is 32.3. The van der Waals surface area contributed by atoms with Crippen LogP contribution in [-0.2, 0) is 45.4 Å². The summed E-state index contributed by atoms with van der Waals surface area (Å²) in [6, 6.07) is 43.7. The summed E-state index contributed by atoms with van der Waals surface area (Å²) in [7, 11) is 0. The lowest BCUT2D eigenvalue weighted by molar-refractivity contribution is -0.141. The summed E-state index contributed by atoms with van der Waals surface area (Å²) in [5.74, 6) is -0.598. The van der Waals surface area contributed by atoms with Crippen molar-refractivity contribution in [1.29, 1.82) is 0 Å². The number of carbonyl (C=O) groups is 4. The first-order valence-electron chi connectivity index (χ1n) is 22.8. The van der Waals surface area contributed by atoms with Gasteiger partial charge in [-0.2, -0.15) is 0 Å². The van der Waals surface area contributed by atoms with Gasteiger partial charge in [-0.05, 0) is 34.4 Å². The highest BCUT2D eigenvalue weighted by molar-refractivity contribution is 5.85. The SMILES string of the molecule is O=C1CN2CC(=O)N(Cc3ccccc3)CCN(Cc3ccccc3)C(=O)CN(CC(=O)N(Cc3ccccc3)CCN1Cc1ccccc1)CN1C=CC=c3ccc4c(c31)N(C=CC=4)C2. The van der Waals surface area contributed by atoms with Gasteiger partial charge in [0.05, 0.1) is 50.9 Å². The van der Waals surface area contributed by atoms with Gasteiger partial charge in [-0.1, -0.05) is 146 Å². The number of fused-ring (bicyclic) bond motifs is 2. The Hall–Kier alpha value is -7.28. The van der Waals surface area contributed by atoms with E-state index in [0.29, 0.717) is 26.2 Å². The van der Waals surface area contributed by atoms with Crippen molar-refractivity contribution < 1.29 is 19.2 Å². The van der Waals surface area contributed by atoms with E-state index in [4.69, 9.17) is 0 Å². The number of rotatable bonds is 8. The van der Waals surface area contributed by atoms with Gasteiger partial charge >= 0.3 is 0 Å². The van der Waals surface area contributed by atoms with Crippen molar-refractivity contribution in [1.82, 2.24) is 29.4 Å². The Kier molecular flexibility index (Phi) is 13.8. The fourth-order valence-corrected chi connectivity index (χ4v) is 9.14. The van der Waals surface area contributed by atoms with Gasteiger partial charge in [-0.25, -0.2) is 0 Å². The lowest BCUT2D eigenvalue weighted by Gasteiger charge is -2.39. The van der Waals surface area contributed by atoms with Crippen LogP contribution in [0, 0.1) is 0 Å². The quantitative estimate of drug-likeness (QED) is 0.224. The molecule has 4 heterocycles. The number of carbonyl (C=O) groups excluding carboxylic acids is 4. The number of nitrogens with zero attached hydrogens (tertiary/aromatic N) is 8. The Morgan fingerprint density at radius 2 is 0.621 bits per heavy atom. The summed E-state index contributed by atoms with van der Waals surface area (Å²) in [5.41, 5.74) is 5.67. The Balaban J connectivity index is 1.18. The molecule has 12 heteroatoms. The topological polar surface area (TPSA) is 94.2 Å². The maximum atomic E-state index is 15.0. The molecule has 2 bridgehead atoms. The smallest absolute Gasteiger partial charge is 0.237 e. The summed E-state index contributed by atoms with van der Waals surface area (Å²) in [6.45, 7) is 2.68. The first-order valence-corrected chi connectivity index (χ1v) is 22.8. The second-order valence-electron chi connectivity index (χ2n) is 17.4. The predicted molar refractivity (Wildman–Crippen MR) is 258 cm³/mol. The van der Waals surface area contributed by atoms with E-state index in [1.54, 1.807) is 0 Å². The van der Waals surface area contributed by atoms with Gasteiger partial charge in [0.1, 0.15) is 0 Å². The average Bonchev–Trinajstić information content (AvgIpc) is 3.33. The zero-order valence-corrected chi connectivity index (χ0v) is 37.3. The highest BCUT2D eigenvalue weighted by Gasteiger charge is 2.31. The molecule has 4 aliphatic heterocycles. The van der Waals surface area contributed by atoms with E-state index in [1.165, 1.54) is 0 Å². The fourth-order valence-electron chi connectivity index (χ4n) is 9.14. The second kappa shape index (κ2) is 20.7. The van der Waals surface area contributed by atoms with Crippen molar-refractivity contribution in [3.8, 4) is 0 Å². The summed E-state index contributed by atoms with van der Waals surface area (Å²) in [6.07, 6.45) is 12.1. The van der Waals surface area contributed by atoms with Gasteiger partial charge in [0.15, 0.2) is 0 Å². The van der Waals surface area contributed by atoms with Crippen molar-refractivity contribution in [2.45, 2.75) is 26.2 Å². The normalized spacial score (nSPS) is 19.5. The van der Waals surface area contributed by atoms with E-state index in [9.17, 15) is 0 Å². The highest BCUT2D eigenvalue weighted by Crippen LogP contribution is 2.28. The molecule has 12 nitrogen and oxygen atoms in total. The molecule has 4 amide bonds. The number of benzene rings is 5. The molecule has 0 aromatic heterocycles. The average molecular weight is 881 g/mol. The van der Waals surface area contributed by atoms with E-state index < -0.39 is 0 Å². The molecule has 0 N–H and O–H groups in total. The zero-order valence-electron chi connectivity index (χ0n) is 37.3. The minimum absolute atomic E-state index is 0.0507. The van der Waals surface area contributed by atoms with Crippen molar-refractivity contribution >= 4 is 47.2 Å². The van der Waals surface area contributed by atoms with Crippen LogP contribution < -0.4 is 20.2 Å². The lowest BCUT2D eigenvalue weighted by Crippen LogP contribution is -2.53. The van der Waals surface area contributed by atoms with Crippen LogP contribution in [0.15, 0.2) is 158 Å². The van der Waals surface area contributed by atoms with Crippen LogP contribution in [0.25, 0.3) is 12.2 Å². The van der Waals surface area contributed by atoms with Gasteiger partial charge in [-0.15, -0.1) is 0 Å². The largest absolute Gasteiger partial charge is 0.335 e. The van der Waals surface area contributed by atoms with Gasteiger partial charge < -0.3 is 29.4 Å². The lowest BCUT2D eigenvalue weighted by atomic mass is 10.1. The standard InChI is InChI=1S/C54H56N8O4/c63-49-37-55-38-51(65)59(35-45-19-9-3-10-20-45)31-32-60(36-46-21-11-4-12-22-46)52(66)40-56(42-62-28-14-24-48-26-25-47-23-13-27-61(41-55)53(47)54(48)62)39-50(64)58(34-44-17-7-2-8-18-44)30-29-57(49)33-43-15-5-1-6-16-43/h1-28H,29-42H2.